The molecule has 1 aliphatic heterocycles. The van der Waals surface area contributed by atoms with Crippen molar-refractivity contribution in [2.45, 2.75) is 31.8 Å². The minimum atomic E-state index is -0.756. The lowest BCUT2D eigenvalue weighted by Gasteiger charge is -2.23. The summed E-state index contributed by atoms with van der Waals surface area (Å²) in [6, 6.07) is 4.21. The van der Waals surface area contributed by atoms with Crippen LogP contribution in [-0.2, 0) is 0 Å². The summed E-state index contributed by atoms with van der Waals surface area (Å²) in [5.74, 6) is -1.01. The zero-order valence-corrected chi connectivity index (χ0v) is 11.6. The normalized spacial score (nSPS) is 24.1. The van der Waals surface area contributed by atoms with E-state index in [2.05, 4.69) is 0 Å². The summed E-state index contributed by atoms with van der Waals surface area (Å²) in [4.78, 5) is 13.9. The van der Waals surface area contributed by atoms with Crippen LogP contribution in [0.2, 0.25) is 5.02 Å². The van der Waals surface area contributed by atoms with Gasteiger partial charge in [0.1, 0.15) is 5.82 Å². The third-order valence-electron chi connectivity index (χ3n) is 3.53. The lowest BCUT2D eigenvalue weighted by molar-refractivity contribution is 0.0437. The first-order valence-electron chi connectivity index (χ1n) is 6.36. The molecule has 0 bridgehead atoms. The molecule has 1 atom stereocenters. The number of halogens is 2. The smallest absolute Gasteiger partial charge is 0.258 e. The molecule has 19 heavy (non-hydrogen) atoms. The number of carbonyl (C=O) groups excluding carboxylic acids is 1. The second kappa shape index (κ2) is 5.47. The monoisotopic (exact) mass is 285 g/mol. The molecule has 1 aliphatic rings. The van der Waals surface area contributed by atoms with Crippen LogP contribution < -0.4 is 0 Å². The van der Waals surface area contributed by atoms with Gasteiger partial charge >= 0.3 is 0 Å². The Hall–Kier alpha value is -1.13. The van der Waals surface area contributed by atoms with Crippen LogP contribution in [0.15, 0.2) is 18.2 Å². The highest BCUT2D eigenvalue weighted by Gasteiger charge is 2.29. The Morgan fingerprint density at radius 3 is 2.84 bits per heavy atom. The summed E-state index contributed by atoms with van der Waals surface area (Å²) in [5, 5.41) is 10.1. The molecule has 2 rings (SSSR count). The zero-order chi connectivity index (χ0) is 14.0. The molecule has 1 N–H and O–H groups in total. The van der Waals surface area contributed by atoms with E-state index in [0.717, 1.165) is 0 Å². The lowest BCUT2D eigenvalue weighted by atomic mass is 9.98. The van der Waals surface area contributed by atoms with Gasteiger partial charge in [-0.05, 0) is 38.3 Å². The molecular weight excluding hydrogens is 269 g/mol. The van der Waals surface area contributed by atoms with E-state index >= 15 is 0 Å². The SMILES string of the molecule is CC1(O)CCCN(C(=O)c2c(F)cccc2Cl)CC1. The maximum atomic E-state index is 13.7. The molecule has 104 valence electrons. The highest BCUT2D eigenvalue weighted by molar-refractivity contribution is 6.33. The molecule has 1 aromatic carbocycles. The molecule has 1 saturated heterocycles. The molecule has 5 heteroatoms. The van der Waals surface area contributed by atoms with Gasteiger partial charge in [0, 0.05) is 13.1 Å². The van der Waals surface area contributed by atoms with Crippen molar-refractivity contribution in [1.29, 1.82) is 0 Å². The van der Waals surface area contributed by atoms with Crippen LogP contribution in [-0.4, -0.2) is 34.6 Å². The van der Waals surface area contributed by atoms with E-state index in [1.54, 1.807) is 11.8 Å². The fourth-order valence-electron chi connectivity index (χ4n) is 2.33. The fraction of sp³-hybridized carbons (Fsp3) is 0.500. The Bertz CT molecular complexity index is 470. The molecule has 0 aliphatic carbocycles. The van der Waals surface area contributed by atoms with Crippen LogP contribution in [0, 0.1) is 5.82 Å². The van der Waals surface area contributed by atoms with Crippen molar-refractivity contribution in [3.8, 4) is 0 Å². The summed E-state index contributed by atoms with van der Waals surface area (Å²) in [5.41, 5.74) is -0.834. The maximum Gasteiger partial charge on any atom is 0.258 e. The topological polar surface area (TPSA) is 40.5 Å². The second-order valence-electron chi connectivity index (χ2n) is 5.24. The summed E-state index contributed by atoms with van der Waals surface area (Å²) < 4.78 is 13.7. The summed E-state index contributed by atoms with van der Waals surface area (Å²) in [7, 11) is 0. The quantitative estimate of drug-likeness (QED) is 0.862. The molecule has 0 saturated carbocycles. The second-order valence-corrected chi connectivity index (χ2v) is 5.65. The standard InChI is InChI=1S/C14H17ClFNO2/c1-14(19)6-3-8-17(9-7-14)13(18)12-10(15)4-2-5-11(12)16/h2,4-5,19H,3,6-9H2,1H3. The Kier molecular flexibility index (Phi) is 4.11. The largest absolute Gasteiger partial charge is 0.390 e. The number of hydrogen-bond acceptors (Lipinski definition) is 2. The van der Waals surface area contributed by atoms with Crippen molar-refractivity contribution in [2.75, 3.05) is 13.1 Å². The summed E-state index contributed by atoms with van der Waals surface area (Å²) in [6.07, 6.45) is 1.83. The van der Waals surface area contributed by atoms with E-state index in [9.17, 15) is 14.3 Å². The Balaban J connectivity index is 2.20. The van der Waals surface area contributed by atoms with Gasteiger partial charge < -0.3 is 10.0 Å². The van der Waals surface area contributed by atoms with E-state index in [1.807, 2.05) is 0 Å². The van der Waals surface area contributed by atoms with Gasteiger partial charge in [0.2, 0.25) is 0 Å². The minimum absolute atomic E-state index is 0.0780. The van der Waals surface area contributed by atoms with Gasteiger partial charge in [-0.15, -0.1) is 0 Å². The molecule has 1 aromatic rings. The first-order chi connectivity index (χ1) is 8.91. The van der Waals surface area contributed by atoms with Crippen molar-refractivity contribution in [3.63, 3.8) is 0 Å². The van der Waals surface area contributed by atoms with Gasteiger partial charge in [-0.2, -0.15) is 0 Å². The predicted molar refractivity (Wildman–Crippen MR) is 71.8 cm³/mol. The first kappa shape index (κ1) is 14.3. The average Bonchev–Trinajstić information content (AvgIpc) is 2.50. The van der Waals surface area contributed by atoms with Crippen molar-refractivity contribution in [3.05, 3.63) is 34.6 Å². The molecule has 3 nitrogen and oxygen atoms in total. The van der Waals surface area contributed by atoms with Crippen molar-refractivity contribution in [1.82, 2.24) is 4.90 Å². The number of aliphatic hydroxyl groups is 1. The molecule has 1 unspecified atom stereocenters. The van der Waals surface area contributed by atoms with Crippen LogP contribution in [0.25, 0.3) is 0 Å². The summed E-state index contributed by atoms with van der Waals surface area (Å²) in [6.45, 7) is 2.69. The first-order valence-corrected chi connectivity index (χ1v) is 6.74. The number of amides is 1. The Morgan fingerprint density at radius 1 is 1.42 bits per heavy atom. The number of benzene rings is 1. The number of carbonyl (C=O) groups is 1. The van der Waals surface area contributed by atoms with Crippen LogP contribution >= 0.6 is 11.6 Å². The van der Waals surface area contributed by atoms with Crippen molar-refractivity contribution < 1.29 is 14.3 Å². The third-order valence-corrected chi connectivity index (χ3v) is 3.84. The van der Waals surface area contributed by atoms with Crippen LogP contribution in [0.1, 0.15) is 36.5 Å². The van der Waals surface area contributed by atoms with E-state index < -0.39 is 17.3 Å². The van der Waals surface area contributed by atoms with E-state index in [0.29, 0.717) is 32.4 Å². The number of rotatable bonds is 1. The predicted octanol–water partition coefficient (Wildman–Crippen LogP) is 2.86. The number of likely N-dealkylation sites (tertiary alicyclic amines) is 1. The van der Waals surface area contributed by atoms with Crippen LogP contribution in [0.4, 0.5) is 4.39 Å². The maximum absolute atomic E-state index is 13.7. The highest BCUT2D eigenvalue weighted by Crippen LogP contribution is 2.25. The van der Waals surface area contributed by atoms with Gasteiger partial charge in [-0.3, -0.25) is 4.79 Å². The molecule has 0 radical (unpaired) electrons. The third kappa shape index (κ3) is 3.25. The summed E-state index contributed by atoms with van der Waals surface area (Å²) >= 11 is 5.90. The Morgan fingerprint density at radius 2 is 2.16 bits per heavy atom. The number of hydrogen-bond donors (Lipinski definition) is 1. The van der Waals surface area contributed by atoms with E-state index in [4.69, 9.17) is 11.6 Å². The molecule has 0 aromatic heterocycles. The van der Waals surface area contributed by atoms with Crippen LogP contribution in [0.5, 0.6) is 0 Å². The van der Waals surface area contributed by atoms with Gasteiger partial charge in [-0.1, -0.05) is 17.7 Å². The minimum Gasteiger partial charge on any atom is -0.390 e. The van der Waals surface area contributed by atoms with Gasteiger partial charge in [0.15, 0.2) is 0 Å². The average molecular weight is 286 g/mol. The van der Waals surface area contributed by atoms with Crippen LogP contribution in [0.3, 0.4) is 0 Å². The van der Waals surface area contributed by atoms with Crippen molar-refractivity contribution in [2.24, 2.45) is 0 Å². The van der Waals surface area contributed by atoms with E-state index in [-0.39, 0.29) is 10.6 Å². The van der Waals surface area contributed by atoms with Gasteiger partial charge in [-0.25, -0.2) is 4.39 Å². The van der Waals surface area contributed by atoms with Gasteiger partial charge in [0.25, 0.3) is 5.91 Å². The molecule has 1 heterocycles. The van der Waals surface area contributed by atoms with Gasteiger partial charge in [0.05, 0.1) is 16.2 Å². The zero-order valence-electron chi connectivity index (χ0n) is 10.8. The molecule has 1 amide bonds. The van der Waals surface area contributed by atoms with E-state index in [1.165, 1.54) is 18.2 Å². The lowest BCUT2D eigenvalue weighted by Crippen LogP contribution is -2.34. The molecule has 1 fully saturated rings. The highest BCUT2D eigenvalue weighted by atomic mass is 35.5. The molecule has 0 spiro atoms. The molecular formula is C14H17ClFNO2. The fourth-order valence-corrected chi connectivity index (χ4v) is 2.57. The number of nitrogens with zero attached hydrogens (tertiary/aromatic N) is 1. The Labute approximate surface area is 117 Å². The van der Waals surface area contributed by atoms with Crippen molar-refractivity contribution >= 4 is 17.5 Å².